The van der Waals surface area contributed by atoms with Gasteiger partial charge in [0.25, 0.3) is 0 Å². The zero-order chi connectivity index (χ0) is 11.4. The van der Waals surface area contributed by atoms with Crippen LogP contribution in [0.5, 0.6) is 0 Å². The molecule has 1 aromatic heterocycles. The van der Waals surface area contributed by atoms with Gasteiger partial charge in [-0.1, -0.05) is 11.6 Å². The highest BCUT2D eigenvalue weighted by atomic mass is 16.3. The highest BCUT2D eigenvalue weighted by molar-refractivity contribution is 5.10. The number of aliphatic hydroxyl groups is 1. The first-order valence-corrected chi connectivity index (χ1v) is 6.07. The molecule has 16 heavy (non-hydrogen) atoms. The lowest BCUT2D eigenvalue weighted by Crippen LogP contribution is -2.12. The van der Waals surface area contributed by atoms with Crippen LogP contribution in [0.1, 0.15) is 37.7 Å². The Kier molecular flexibility index (Phi) is 3.78. The molecular formula is C13H20N2O. The molecule has 1 aliphatic rings. The first kappa shape index (κ1) is 11.4. The minimum absolute atomic E-state index is 0.256. The molecule has 1 aliphatic carbocycles. The molecule has 3 heteroatoms. The molecule has 1 heterocycles. The number of hydrogen-bond acceptors (Lipinski definition) is 2. The number of aryl methyl sites for hydroxylation is 1. The molecule has 0 saturated heterocycles. The SMILES string of the molecule is Cn1cc(CC(O)CC2=CCCCC2)cn1. The molecule has 1 aromatic rings. The van der Waals surface area contributed by atoms with E-state index in [1.165, 1.54) is 31.3 Å². The van der Waals surface area contributed by atoms with Crippen molar-refractivity contribution < 1.29 is 5.11 Å². The Morgan fingerprint density at radius 1 is 1.44 bits per heavy atom. The first-order chi connectivity index (χ1) is 7.74. The van der Waals surface area contributed by atoms with E-state index in [-0.39, 0.29) is 6.10 Å². The fourth-order valence-electron chi connectivity index (χ4n) is 2.31. The first-order valence-electron chi connectivity index (χ1n) is 6.07. The minimum atomic E-state index is -0.256. The normalized spacial score (nSPS) is 18.2. The van der Waals surface area contributed by atoms with Crippen molar-refractivity contribution in [2.45, 2.75) is 44.6 Å². The lowest BCUT2D eigenvalue weighted by molar-refractivity contribution is 0.173. The van der Waals surface area contributed by atoms with Crippen molar-refractivity contribution in [1.29, 1.82) is 0 Å². The smallest absolute Gasteiger partial charge is 0.0618 e. The third-order valence-corrected chi connectivity index (χ3v) is 3.11. The van der Waals surface area contributed by atoms with E-state index in [9.17, 15) is 5.11 Å². The number of nitrogens with zero attached hydrogens (tertiary/aromatic N) is 2. The van der Waals surface area contributed by atoms with Gasteiger partial charge in [-0.3, -0.25) is 4.68 Å². The van der Waals surface area contributed by atoms with Crippen molar-refractivity contribution in [2.75, 3.05) is 0 Å². The zero-order valence-corrected chi connectivity index (χ0v) is 9.89. The molecule has 0 saturated carbocycles. The lowest BCUT2D eigenvalue weighted by Gasteiger charge is -2.16. The second-order valence-corrected chi connectivity index (χ2v) is 4.69. The fourth-order valence-corrected chi connectivity index (χ4v) is 2.31. The van der Waals surface area contributed by atoms with Crippen molar-refractivity contribution in [3.8, 4) is 0 Å². The van der Waals surface area contributed by atoms with Gasteiger partial charge in [0.05, 0.1) is 12.3 Å². The monoisotopic (exact) mass is 220 g/mol. The van der Waals surface area contributed by atoms with E-state index < -0.39 is 0 Å². The van der Waals surface area contributed by atoms with Gasteiger partial charge in [-0.15, -0.1) is 0 Å². The fraction of sp³-hybridized carbons (Fsp3) is 0.615. The molecule has 1 unspecified atom stereocenters. The summed E-state index contributed by atoms with van der Waals surface area (Å²) in [5.41, 5.74) is 2.55. The van der Waals surface area contributed by atoms with Gasteiger partial charge in [-0.05, 0) is 37.7 Å². The molecule has 3 nitrogen and oxygen atoms in total. The molecule has 0 bridgehead atoms. The van der Waals surface area contributed by atoms with Gasteiger partial charge in [-0.2, -0.15) is 5.10 Å². The summed E-state index contributed by atoms with van der Waals surface area (Å²) in [6, 6.07) is 0. The summed E-state index contributed by atoms with van der Waals surface area (Å²) in [5.74, 6) is 0. The summed E-state index contributed by atoms with van der Waals surface area (Å²) in [7, 11) is 1.90. The van der Waals surface area contributed by atoms with Gasteiger partial charge in [0.15, 0.2) is 0 Å². The predicted molar refractivity (Wildman–Crippen MR) is 64.1 cm³/mol. The Balaban J connectivity index is 1.83. The Bertz CT molecular complexity index is 368. The van der Waals surface area contributed by atoms with E-state index in [4.69, 9.17) is 0 Å². The van der Waals surface area contributed by atoms with Crippen molar-refractivity contribution in [1.82, 2.24) is 9.78 Å². The average Bonchev–Trinajstić information content (AvgIpc) is 2.65. The van der Waals surface area contributed by atoms with Gasteiger partial charge < -0.3 is 5.11 Å². The van der Waals surface area contributed by atoms with Gasteiger partial charge in [0.1, 0.15) is 0 Å². The van der Waals surface area contributed by atoms with Gasteiger partial charge >= 0.3 is 0 Å². The molecule has 0 radical (unpaired) electrons. The van der Waals surface area contributed by atoms with E-state index in [1.807, 2.05) is 19.4 Å². The highest BCUT2D eigenvalue weighted by Gasteiger charge is 2.11. The second kappa shape index (κ2) is 5.30. The van der Waals surface area contributed by atoms with Crippen LogP contribution in [0.15, 0.2) is 24.0 Å². The van der Waals surface area contributed by atoms with Crippen LogP contribution in [-0.4, -0.2) is 21.0 Å². The minimum Gasteiger partial charge on any atom is -0.392 e. The maximum atomic E-state index is 9.99. The number of allylic oxidation sites excluding steroid dienone is 1. The topological polar surface area (TPSA) is 38.0 Å². The molecule has 0 aliphatic heterocycles. The van der Waals surface area contributed by atoms with Crippen LogP contribution < -0.4 is 0 Å². The molecule has 88 valence electrons. The van der Waals surface area contributed by atoms with Gasteiger partial charge in [0, 0.05) is 19.7 Å². The molecule has 0 spiro atoms. The van der Waals surface area contributed by atoms with Crippen LogP contribution in [0.4, 0.5) is 0 Å². The van der Waals surface area contributed by atoms with Crippen LogP contribution in [0.3, 0.4) is 0 Å². The van der Waals surface area contributed by atoms with Gasteiger partial charge in [-0.25, -0.2) is 0 Å². The quantitative estimate of drug-likeness (QED) is 0.790. The maximum absolute atomic E-state index is 9.99. The highest BCUT2D eigenvalue weighted by Crippen LogP contribution is 2.22. The Morgan fingerprint density at radius 2 is 2.31 bits per heavy atom. The number of aromatic nitrogens is 2. The molecule has 2 rings (SSSR count). The summed E-state index contributed by atoms with van der Waals surface area (Å²) < 4.78 is 1.78. The molecule has 0 amide bonds. The van der Waals surface area contributed by atoms with Crippen molar-refractivity contribution in [3.05, 3.63) is 29.6 Å². The Morgan fingerprint density at radius 3 is 2.94 bits per heavy atom. The molecule has 1 atom stereocenters. The second-order valence-electron chi connectivity index (χ2n) is 4.69. The van der Waals surface area contributed by atoms with Crippen molar-refractivity contribution in [3.63, 3.8) is 0 Å². The molecule has 0 aromatic carbocycles. The zero-order valence-electron chi connectivity index (χ0n) is 9.89. The number of hydrogen-bond donors (Lipinski definition) is 1. The van der Waals surface area contributed by atoms with Gasteiger partial charge in [0.2, 0.25) is 0 Å². The van der Waals surface area contributed by atoms with E-state index in [1.54, 1.807) is 4.68 Å². The summed E-state index contributed by atoms with van der Waals surface area (Å²) in [5, 5.41) is 14.1. The third-order valence-electron chi connectivity index (χ3n) is 3.11. The summed E-state index contributed by atoms with van der Waals surface area (Å²) in [6.45, 7) is 0. The molecule has 0 fully saturated rings. The summed E-state index contributed by atoms with van der Waals surface area (Å²) >= 11 is 0. The average molecular weight is 220 g/mol. The molecular weight excluding hydrogens is 200 g/mol. The lowest BCUT2D eigenvalue weighted by atomic mass is 9.93. The van der Waals surface area contributed by atoms with Crippen LogP contribution in [0.25, 0.3) is 0 Å². The largest absolute Gasteiger partial charge is 0.392 e. The van der Waals surface area contributed by atoms with E-state index in [0.29, 0.717) is 6.42 Å². The summed E-state index contributed by atoms with van der Waals surface area (Å²) in [6.07, 6.45) is 12.3. The molecule has 1 N–H and O–H groups in total. The van der Waals surface area contributed by atoms with Crippen LogP contribution in [-0.2, 0) is 13.5 Å². The van der Waals surface area contributed by atoms with E-state index in [0.717, 1.165) is 12.0 Å². The Labute approximate surface area is 96.8 Å². The summed E-state index contributed by atoms with van der Waals surface area (Å²) in [4.78, 5) is 0. The van der Waals surface area contributed by atoms with Crippen molar-refractivity contribution >= 4 is 0 Å². The standard InChI is InChI=1S/C13H20N2O/c1-15-10-12(9-14-15)8-13(16)7-11-5-3-2-4-6-11/h5,9-10,13,16H,2-4,6-8H2,1H3. The number of rotatable bonds is 4. The third kappa shape index (κ3) is 3.20. The van der Waals surface area contributed by atoms with Crippen LogP contribution in [0.2, 0.25) is 0 Å². The number of aliphatic hydroxyl groups excluding tert-OH is 1. The van der Waals surface area contributed by atoms with Crippen LogP contribution >= 0.6 is 0 Å². The van der Waals surface area contributed by atoms with Crippen molar-refractivity contribution in [2.24, 2.45) is 7.05 Å². The van der Waals surface area contributed by atoms with E-state index in [2.05, 4.69) is 11.2 Å². The predicted octanol–water partition coefficient (Wildman–Crippen LogP) is 2.21. The van der Waals surface area contributed by atoms with Crippen LogP contribution in [0, 0.1) is 0 Å². The maximum Gasteiger partial charge on any atom is 0.0618 e. The van der Waals surface area contributed by atoms with E-state index >= 15 is 0 Å². The Hall–Kier alpha value is -1.09.